The third-order valence-corrected chi connectivity index (χ3v) is 34.8. The van der Waals surface area contributed by atoms with Crippen LogP contribution in [0.5, 0.6) is 0 Å². The minimum atomic E-state index is -0.0488. The predicted molar refractivity (Wildman–Crippen MR) is 349 cm³/mol. The van der Waals surface area contributed by atoms with E-state index in [9.17, 15) is 0 Å². The molecule has 16 fully saturated rings. The minimum Gasteiger partial charge on any atom is -0.214 e. The molecule has 3 heteroatoms. The second-order valence-electron chi connectivity index (χ2n) is 35.9. The Morgan fingerprint density at radius 2 is 0.679 bits per heavy atom. The summed E-state index contributed by atoms with van der Waals surface area (Å²) in [6.07, 6.45) is 69.2. The number of hydrogen-bond acceptors (Lipinski definition) is 0. The summed E-state index contributed by atoms with van der Waals surface area (Å²) < 4.78 is 0. The molecule has 454 valence electrons. The monoisotopic (exact) mass is 1180 g/mol. The molecule has 0 N–H and O–H groups in total. The first-order valence-corrected chi connectivity index (χ1v) is 39.6. The number of aryl methyl sites for hydroxylation is 1. The third kappa shape index (κ3) is 13.9. The van der Waals surface area contributed by atoms with Gasteiger partial charge in [-0.1, -0.05) is 158 Å². The van der Waals surface area contributed by atoms with E-state index in [2.05, 4.69) is 64.3 Å². The zero-order valence-corrected chi connectivity index (χ0v) is 56.6. The summed E-state index contributed by atoms with van der Waals surface area (Å²) in [4.78, 5) is 0. The Kier molecular flexibility index (Phi) is 19.3. The minimum absolute atomic E-state index is 0. The largest absolute Gasteiger partial charge is 2.00 e. The molecule has 0 saturated heterocycles. The van der Waals surface area contributed by atoms with Crippen LogP contribution in [-0.4, -0.2) is 20.6 Å². The molecule has 16 aliphatic rings. The summed E-state index contributed by atoms with van der Waals surface area (Å²) in [6, 6.07) is 13.2. The quantitative estimate of drug-likeness (QED) is 0.0381. The second kappa shape index (κ2) is 25.5. The third-order valence-electron chi connectivity index (χ3n) is 26.7. The molecule has 0 heterocycles. The summed E-state index contributed by atoms with van der Waals surface area (Å²) in [5.41, 5.74) is 9.27. The van der Waals surface area contributed by atoms with Crippen LogP contribution in [0.15, 0.2) is 36.4 Å². The van der Waals surface area contributed by atoms with E-state index >= 15 is 0 Å². The van der Waals surface area contributed by atoms with Crippen molar-refractivity contribution in [2.75, 3.05) is 0 Å². The molecule has 0 aromatic heterocycles. The van der Waals surface area contributed by atoms with Gasteiger partial charge in [0.1, 0.15) is 0 Å². The van der Waals surface area contributed by atoms with Crippen LogP contribution in [0.4, 0.5) is 0 Å². The van der Waals surface area contributed by atoms with Gasteiger partial charge in [0.15, 0.2) is 0 Å². The van der Waals surface area contributed by atoms with Crippen molar-refractivity contribution < 1.29 is 17.1 Å². The van der Waals surface area contributed by atoms with Crippen molar-refractivity contribution >= 4 is 15.8 Å². The molecule has 2 aromatic carbocycles. The molecule has 16 aliphatic carbocycles. The van der Waals surface area contributed by atoms with Crippen molar-refractivity contribution in [2.45, 2.75) is 344 Å². The molecule has 16 saturated carbocycles. The SMILES string of the molecule is CC(C)(C)CCCCCCCCCc1cc(CP(C23CC4CC(CC(C4)C2)C3)C23CC4CC(CC(C4)C2)C3)c(CP(C23CC4CC(CC(C4)C2)C3)C23CC4CC(CC(C4)C2)C3)[c-]1CCCCCCCCCC(C)(C)C.[Fe+2].c1cc[cH-]c1. The van der Waals surface area contributed by atoms with Gasteiger partial charge in [0.2, 0.25) is 0 Å². The summed E-state index contributed by atoms with van der Waals surface area (Å²) in [5, 5.41) is 2.92. The maximum Gasteiger partial charge on any atom is 2.00 e. The van der Waals surface area contributed by atoms with Crippen LogP contribution in [0.1, 0.15) is 321 Å². The number of rotatable bonds is 26. The van der Waals surface area contributed by atoms with E-state index < -0.39 is 0 Å². The predicted octanol–water partition coefficient (Wildman–Crippen LogP) is 24.1. The molecule has 0 spiro atoms. The molecule has 81 heavy (non-hydrogen) atoms. The van der Waals surface area contributed by atoms with Gasteiger partial charge < -0.3 is 0 Å². The Hall–Kier alpha value is 0.0795. The van der Waals surface area contributed by atoms with Crippen LogP contribution < -0.4 is 0 Å². The Labute approximate surface area is 514 Å². The van der Waals surface area contributed by atoms with Crippen molar-refractivity contribution in [1.29, 1.82) is 0 Å². The first-order valence-electron chi connectivity index (χ1n) is 36.6. The second-order valence-corrected chi connectivity index (χ2v) is 42.1. The number of hydrogen-bond donors (Lipinski definition) is 0. The Balaban J connectivity index is 0.00000103. The molecule has 2 aromatic rings. The van der Waals surface area contributed by atoms with Crippen molar-refractivity contribution in [3.05, 3.63) is 58.7 Å². The van der Waals surface area contributed by atoms with Crippen LogP contribution >= 0.6 is 15.8 Å². The van der Waals surface area contributed by atoms with Crippen LogP contribution in [0.3, 0.4) is 0 Å². The average Bonchev–Trinajstić information content (AvgIpc) is 2.30. The van der Waals surface area contributed by atoms with Crippen molar-refractivity contribution in [3.63, 3.8) is 0 Å². The van der Waals surface area contributed by atoms with Crippen molar-refractivity contribution in [2.24, 2.45) is 81.8 Å². The van der Waals surface area contributed by atoms with Gasteiger partial charge in [-0.3, -0.25) is 0 Å². The van der Waals surface area contributed by atoms with Crippen LogP contribution in [-0.2, 0) is 42.2 Å². The van der Waals surface area contributed by atoms with Crippen molar-refractivity contribution in [3.8, 4) is 0 Å². The van der Waals surface area contributed by atoms with Crippen LogP contribution in [0, 0.1) is 81.8 Å². The van der Waals surface area contributed by atoms with Gasteiger partial charge in [-0.15, -0.1) is 7.92 Å². The van der Waals surface area contributed by atoms with Gasteiger partial charge in [0.25, 0.3) is 0 Å². The van der Waals surface area contributed by atoms with E-state index in [0.717, 1.165) is 91.6 Å². The van der Waals surface area contributed by atoms with E-state index in [1.807, 2.05) is 35.9 Å². The fourth-order valence-corrected chi connectivity index (χ4v) is 35.7. The summed E-state index contributed by atoms with van der Waals surface area (Å²) in [5.74, 6) is 13.1. The maximum atomic E-state index is 3.16. The zero-order valence-electron chi connectivity index (χ0n) is 53.8. The van der Waals surface area contributed by atoms with E-state index in [4.69, 9.17) is 0 Å². The molecule has 0 nitrogen and oxygen atoms in total. The van der Waals surface area contributed by atoms with E-state index in [0.29, 0.717) is 10.8 Å². The fraction of sp³-hybridized carbons (Fsp3) is 0.872. The van der Waals surface area contributed by atoms with E-state index in [1.54, 1.807) is 166 Å². The van der Waals surface area contributed by atoms with Gasteiger partial charge in [-0.2, -0.15) is 40.5 Å². The first-order chi connectivity index (χ1) is 38.6. The molecule has 0 aliphatic heterocycles. The van der Waals surface area contributed by atoms with Crippen LogP contribution in [0.2, 0.25) is 0 Å². The maximum absolute atomic E-state index is 3.16. The normalized spacial score (nSPS) is 39.8. The molecule has 0 atom stereocenters. The van der Waals surface area contributed by atoms with Gasteiger partial charge >= 0.3 is 17.1 Å². The van der Waals surface area contributed by atoms with E-state index in [1.165, 1.54) is 116 Å². The van der Waals surface area contributed by atoms with Gasteiger partial charge in [-0.05, 0) is 276 Å². The van der Waals surface area contributed by atoms with Crippen molar-refractivity contribution in [1.82, 2.24) is 0 Å². The molecule has 18 rings (SSSR count). The molecular weight excluding hydrogens is 1050 g/mol. The van der Waals surface area contributed by atoms with Gasteiger partial charge in [0.05, 0.1) is 0 Å². The standard InChI is InChI=1S/C73H119P2.C5H5.Fe/c1-68(2,3)23-19-15-11-7-9-13-17-21-64-37-65(50-74(70-38-52-25-53(39-70)27-54(26-52)40-70)71-41-55-28-56(42-71)30-57(29-55)43-71)67(66(64)22-18-14-10-8-12-16-20-24-69(4,5)6)51-75(72-44-58-31-59(45-72)33-60(32-58)46-72)73-47-61-34-62(48-73)36-63(35-61)49-73;1-2-4-5-3-1;/h37,52-63H,7-36,38-51H2,1-6H3;1-5H;/q2*-1;+2. The van der Waals surface area contributed by atoms with Gasteiger partial charge in [0, 0.05) is 0 Å². The summed E-state index contributed by atoms with van der Waals surface area (Å²) in [6.45, 7) is 14.7. The molecule has 0 unspecified atom stereocenters. The topological polar surface area (TPSA) is 0 Å². The molecule has 0 amide bonds. The smallest absolute Gasteiger partial charge is 0.214 e. The fourth-order valence-electron chi connectivity index (χ4n) is 25.2. The van der Waals surface area contributed by atoms with E-state index in [-0.39, 0.29) is 32.9 Å². The molecule has 0 radical (unpaired) electrons. The summed E-state index contributed by atoms with van der Waals surface area (Å²) >= 11 is 0. The zero-order chi connectivity index (χ0) is 54.7. The Morgan fingerprint density at radius 3 is 0.975 bits per heavy atom. The first kappa shape index (κ1) is 61.3. The van der Waals surface area contributed by atoms with Gasteiger partial charge in [-0.25, -0.2) is 18.2 Å². The Bertz CT molecular complexity index is 2050. The average molecular weight is 1180 g/mol. The molecule has 16 bridgehead atoms. The van der Waals surface area contributed by atoms with Crippen LogP contribution in [0.25, 0.3) is 0 Å². The molecular formula is C78H124FeP2. The Morgan fingerprint density at radius 1 is 0.395 bits per heavy atom. The number of unbranched alkanes of at least 4 members (excludes halogenated alkanes) is 12. The summed E-state index contributed by atoms with van der Waals surface area (Å²) in [7, 11) is -0.0886.